The molecule has 19 heavy (non-hydrogen) atoms. The number of hydrogen-bond donors (Lipinski definition) is 4. The number of carbonyl (C=O) groups is 3. The Morgan fingerprint density at radius 2 is 1.42 bits per heavy atom. The van der Waals surface area contributed by atoms with E-state index in [4.69, 9.17) is 5.73 Å². The monoisotopic (exact) mass is 272 g/mol. The zero-order valence-corrected chi connectivity index (χ0v) is 11.5. The van der Waals surface area contributed by atoms with Gasteiger partial charge in [-0.05, 0) is 13.3 Å². The minimum absolute atomic E-state index is 0.0724. The van der Waals surface area contributed by atoms with Gasteiger partial charge in [0.15, 0.2) is 0 Å². The second-order valence-electron chi connectivity index (χ2n) is 4.05. The molecule has 0 radical (unpaired) electrons. The van der Waals surface area contributed by atoms with Crippen LogP contribution in [0.2, 0.25) is 0 Å². The zero-order chi connectivity index (χ0) is 14.5. The Bertz CT molecular complexity index is 295. The summed E-state index contributed by atoms with van der Waals surface area (Å²) in [6, 6.07) is 0. The molecule has 0 heterocycles. The van der Waals surface area contributed by atoms with Crippen LogP contribution >= 0.6 is 0 Å². The zero-order valence-electron chi connectivity index (χ0n) is 11.5. The SMILES string of the molecule is CCNC(=O)CCNC(=O)CCCNC(=O)CCN. The maximum absolute atomic E-state index is 11.4. The first-order valence-corrected chi connectivity index (χ1v) is 6.60. The van der Waals surface area contributed by atoms with Crippen molar-refractivity contribution in [1.82, 2.24) is 16.0 Å². The number of nitrogens with two attached hydrogens (primary N) is 1. The van der Waals surface area contributed by atoms with Crippen molar-refractivity contribution >= 4 is 17.7 Å². The molecule has 0 atom stereocenters. The molecule has 0 rings (SSSR count). The smallest absolute Gasteiger partial charge is 0.221 e. The van der Waals surface area contributed by atoms with Gasteiger partial charge in [-0.2, -0.15) is 0 Å². The number of hydrogen-bond acceptors (Lipinski definition) is 4. The summed E-state index contributed by atoms with van der Waals surface area (Å²) in [5.74, 6) is -0.284. The van der Waals surface area contributed by atoms with Crippen molar-refractivity contribution in [1.29, 1.82) is 0 Å². The van der Waals surface area contributed by atoms with Crippen LogP contribution in [0.1, 0.15) is 32.6 Å². The van der Waals surface area contributed by atoms with Gasteiger partial charge in [0.05, 0.1) is 0 Å². The molecule has 0 bridgehead atoms. The highest BCUT2D eigenvalue weighted by molar-refractivity contribution is 5.79. The van der Waals surface area contributed by atoms with Crippen molar-refractivity contribution in [3.63, 3.8) is 0 Å². The minimum Gasteiger partial charge on any atom is -0.356 e. The Labute approximate surface area is 113 Å². The molecular weight excluding hydrogens is 248 g/mol. The van der Waals surface area contributed by atoms with Crippen molar-refractivity contribution in [3.8, 4) is 0 Å². The second-order valence-corrected chi connectivity index (χ2v) is 4.05. The lowest BCUT2D eigenvalue weighted by Crippen LogP contribution is -2.31. The Morgan fingerprint density at radius 1 is 0.842 bits per heavy atom. The molecular formula is C12H24N4O3. The first kappa shape index (κ1) is 17.4. The lowest BCUT2D eigenvalue weighted by atomic mass is 10.2. The quantitative estimate of drug-likeness (QED) is 0.377. The summed E-state index contributed by atoms with van der Waals surface area (Å²) in [4.78, 5) is 33.5. The molecule has 0 saturated heterocycles. The van der Waals surface area contributed by atoms with Crippen LogP contribution in [0.15, 0.2) is 0 Å². The fourth-order valence-electron chi connectivity index (χ4n) is 1.39. The van der Waals surface area contributed by atoms with Gasteiger partial charge in [-0.15, -0.1) is 0 Å². The molecule has 0 spiro atoms. The van der Waals surface area contributed by atoms with Crippen LogP contribution in [0, 0.1) is 0 Å². The highest BCUT2D eigenvalue weighted by Crippen LogP contribution is 1.88. The Morgan fingerprint density at radius 3 is 2.05 bits per heavy atom. The summed E-state index contributed by atoms with van der Waals surface area (Å²) in [6.07, 6.45) is 1.49. The summed E-state index contributed by atoms with van der Waals surface area (Å²) in [6.45, 7) is 3.56. The van der Waals surface area contributed by atoms with Crippen molar-refractivity contribution in [2.24, 2.45) is 5.73 Å². The fraction of sp³-hybridized carbons (Fsp3) is 0.750. The van der Waals surface area contributed by atoms with Crippen LogP contribution in [-0.4, -0.2) is 43.9 Å². The van der Waals surface area contributed by atoms with E-state index in [2.05, 4.69) is 16.0 Å². The summed E-state index contributed by atoms with van der Waals surface area (Å²) in [5, 5.41) is 7.97. The van der Waals surface area contributed by atoms with E-state index in [9.17, 15) is 14.4 Å². The molecule has 0 aliphatic heterocycles. The van der Waals surface area contributed by atoms with Crippen LogP contribution in [0.4, 0.5) is 0 Å². The average Bonchev–Trinajstić information content (AvgIpc) is 2.35. The third-order valence-corrected chi connectivity index (χ3v) is 2.32. The lowest BCUT2D eigenvalue weighted by molar-refractivity contribution is -0.123. The van der Waals surface area contributed by atoms with Crippen LogP contribution in [0.3, 0.4) is 0 Å². The summed E-state index contributed by atoms with van der Waals surface area (Å²) in [7, 11) is 0. The van der Waals surface area contributed by atoms with Crippen LogP contribution in [0.5, 0.6) is 0 Å². The van der Waals surface area contributed by atoms with Gasteiger partial charge in [-0.25, -0.2) is 0 Å². The molecule has 3 amide bonds. The van der Waals surface area contributed by atoms with E-state index in [0.29, 0.717) is 45.4 Å². The number of carbonyl (C=O) groups excluding carboxylic acids is 3. The molecule has 110 valence electrons. The van der Waals surface area contributed by atoms with Crippen molar-refractivity contribution < 1.29 is 14.4 Å². The van der Waals surface area contributed by atoms with Gasteiger partial charge < -0.3 is 21.7 Å². The number of nitrogens with one attached hydrogen (secondary N) is 3. The van der Waals surface area contributed by atoms with Crippen molar-refractivity contribution in [2.75, 3.05) is 26.2 Å². The molecule has 0 aliphatic rings. The van der Waals surface area contributed by atoms with Crippen molar-refractivity contribution in [3.05, 3.63) is 0 Å². The van der Waals surface area contributed by atoms with Crippen molar-refractivity contribution in [2.45, 2.75) is 32.6 Å². The molecule has 7 nitrogen and oxygen atoms in total. The van der Waals surface area contributed by atoms with Gasteiger partial charge in [0.25, 0.3) is 0 Å². The Balaban J connectivity index is 3.44. The van der Waals surface area contributed by atoms with Crippen LogP contribution in [0.25, 0.3) is 0 Å². The van der Waals surface area contributed by atoms with Gasteiger partial charge in [0.1, 0.15) is 0 Å². The van der Waals surface area contributed by atoms with Gasteiger partial charge in [0, 0.05) is 45.4 Å². The van der Waals surface area contributed by atoms with Gasteiger partial charge in [0.2, 0.25) is 17.7 Å². The number of rotatable bonds is 10. The molecule has 0 aromatic rings. The molecule has 0 fully saturated rings. The molecule has 0 saturated carbocycles. The third kappa shape index (κ3) is 11.2. The molecule has 0 aromatic carbocycles. The first-order chi connectivity index (χ1) is 9.10. The minimum atomic E-state index is -0.114. The fourth-order valence-corrected chi connectivity index (χ4v) is 1.39. The van der Waals surface area contributed by atoms with E-state index in [0.717, 1.165) is 0 Å². The normalized spacial score (nSPS) is 9.79. The molecule has 7 heteroatoms. The Hall–Kier alpha value is -1.63. The lowest BCUT2D eigenvalue weighted by Gasteiger charge is -2.06. The summed E-state index contributed by atoms with van der Waals surface area (Å²) >= 11 is 0. The van der Waals surface area contributed by atoms with E-state index in [-0.39, 0.29) is 24.1 Å². The first-order valence-electron chi connectivity index (χ1n) is 6.60. The Kier molecular flexibility index (Phi) is 10.5. The van der Waals surface area contributed by atoms with Gasteiger partial charge in [-0.3, -0.25) is 14.4 Å². The number of amides is 3. The van der Waals surface area contributed by atoms with E-state index >= 15 is 0 Å². The van der Waals surface area contributed by atoms with E-state index in [1.807, 2.05) is 6.92 Å². The molecule has 0 unspecified atom stereocenters. The average molecular weight is 272 g/mol. The molecule has 0 aromatic heterocycles. The standard InChI is InChI=1S/C12H24N4O3/c1-2-14-12(19)6-9-16-10(17)4-3-8-15-11(18)5-7-13/h2-9,13H2,1H3,(H,14,19)(H,15,18)(H,16,17). The van der Waals surface area contributed by atoms with Crippen LogP contribution in [-0.2, 0) is 14.4 Å². The van der Waals surface area contributed by atoms with E-state index in [1.165, 1.54) is 0 Å². The van der Waals surface area contributed by atoms with Gasteiger partial charge >= 0.3 is 0 Å². The van der Waals surface area contributed by atoms with Gasteiger partial charge in [-0.1, -0.05) is 0 Å². The summed E-state index contributed by atoms with van der Waals surface area (Å²) < 4.78 is 0. The van der Waals surface area contributed by atoms with Crippen LogP contribution < -0.4 is 21.7 Å². The predicted molar refractivity (Wildman–Crippen MR) is 72.2 cm³/mol. The van der Waals surface area contributed by atoms with E-state index in [1.54, 1.807) is 0 Å². The maximum atomic E-state index is 11.4. The third-order valence-electron chi connectivity index (χ3n) is 2.32. The maximum Gasteiger partial charge on any atom is 0.221 e. The summed E-state index contributed by atoms with van der Waals surface area (Å²) in [5.41, 5.74) is 5.23. The highest BCUT2D eigenvalue weighted by Gasteiger charge is 2.04. The van der Waals surface area contributed by atoms with E-state index < -0.39 is 0 Å². The predicted octanol–water partition coefficient (Wildman–Crippen LogP) is -1.13. The molecule has 0 aliphatic carbocycles. The highest BCUT2D eigenvalue weighted by atomic mass is 16.2. The second kappa shape index (κ2) is 11.5. The largest absolute Gasteiger partial charge is 0.356 e. The molecule has 5 N–H and O–H groups in total. The topological polar surface area (TPSA) is 113 Å².